The van der Waals surface area contributed by atoms with Crippen LogP contribution in [0.1, 0.15) is 0 Å². The molecule has 0 unspecified atom stereocenters. The van der Waals surface area contributed by atoms with E-state index < -0.39 is 23.4 Å². The third-order valence-electron chi connectivity index (χ3n) is 1.40. The molecule has 6 heteroatoms. The van der Waals surface area contributed by atoms with Crippen LogP contribution in [0.25, 0.3) is 0 Å². The number of amides is 2. The van der Waals surface area contributed by atoms with Crippen LogP contribution < -0.4 is 11.1 Å². The Hall–Kier alpha value is -1.98. The number of benzene rings is 1. The Morgan fingerprint density at radius 3 is 2.43 bits per heavy atom. The maximum atomic E-state index is 12.9. The molecule has 2 amide bonds. The van der Waals surface area contributed by atoms with Crippen LogP contribution >= 0.6 is 0 Å². The van der Waals surface area contributed by atoms with Gasteiger partial charge in [0, 0.05) is 6.07 Å². The largest absolute Gasteiger partial charge is 0.361 e. The van der Waals surface area contributed by atoms with E-state index in [2.05, 4.69) is 5.73 Å². The summed E-state index contributed by atoms with van der Waals surface area (Å²) in [7, 11) is 0. The standard InChI is InChI=1S/C8H6F2N2O2/c9-4-1-2-6(5(10)3-4)12-8(14)7(11)13/h1-3H,(H2,11,13)(H,12,14). The molecule has 0 saturated heterocycles. The molecule has 0 spiro atoms. The quantitative estimate of drug-likeness (QED) is 0.643. The van der Waals surface area contributed by atoms with Gasteiger partial charge in [-0.05, 0) is 12.1 Å². The van der Waals surface area contributed by atoms with E-state index in [9.17, 15) is 18.4 Å². The van der Waals surface area contributed by atoms with Gasteiger partial charge in [0.05, 0.1) is 5.69 Å². The van der Waals surface area contributed by atoms with Gasteiger partial charge in [0.1, 0.15) is 11.6 Å². The van der Waals surface area contributed by atoms with Gasteiger partial charge in [-0.3, -0.25) is 9.59 Å². The second-order valence-electron chi connectivity index (χ2n) is 2.44. The molecule has 74 valence electrons. The summed E-state index contributed by atoms with van der Waals surface area (Å²) in [5.74, 6) is -4.15. The number of rotatable bonds is 1. The van der Waals surface area contributed by atoms with Crippen LogP contribution in [-0.2, 0) is 9.59 Å². The molecule has 1 aromatic carbocycles. The van der Waals surface area contributed by atoms with Crippen molar-refractivity contribution in [1.82, 2.24) is 0 Å². The molecule has 0 aromatic heterocycles. The number of hydrogen-bond donors (Lipinski definition) is 2. The zero-order valence-corrected chi connectivity index (χ0v) is 6.88. The first kappa shape index (κ1) is 10.1. The van der Waals surface area contributed by atoms with Crippen molar-refractivity contribution in [3.8, 4) is 0 Å². The van der Waals surface area contributed by atoms with Crippen LogP contribution in [-0.4, -0.2) is 11.8 Å². The molecular formula is C8H6F2N2O2. The Morgan fingerprint density at radius 2 is 1.93 bits per heavy atom. The number of nitrogens with two attached hydrogens (primary N) is 1. The van der Waals surface area contributed by atoms with Crippen LogP contribution in [0.2, 0.25) is 0 Å². The normalized spacial score (nSPS) is 9.57. The van der Waals surface area contributed by atoms with Crippen molar-refractivity contribution in [1.29, 1.82) is 0 Å². The first-order chi connectivity index (χ1) is 6.50. The molecule has 0 aliphatic rings. The molecule has 0 bridgehead atoms. The zero-order valence-electron chi connectivity index (χ0n) is 6.88. The van der Waals surface area contributed by atoms with E-state index in [1.54, 1.807) is 0 Å². The predicted octanol–water partition coefficient (Wildman–Crippen LogP) is 0.389. The van der Waals surface area contributed by atoms with Crippen molar-refractivity contribution in [3.05, 3.63) is 29.8 Å². The Labute approximate surface area is 77.7 Å². The van der Waals surface area contributed by atoms with Crippen molar-refractivity contribution in [2.75, 3.05) is 5.32 Å². The topological polar surface area (TPSA) is 72.2 Å². The van der Waals surface area contributed by atoms with E-state index in [1.807, 2.05) is 5.32 Å². The minimum absolute atomic E-state index is 0.296. The van der Waals surface area contributed by atoms with Gasteiger partial charge in [-0.1, -0.05) is 0 Å². The van der Waals surface area contributed by atoms with Crippen LogP contribution in [0, 0.1) is 11.6 Å². The molecule has 3 N–H and O–H groups in total. The van der Waals surface area contributed by atoms with Crippen LogP contribution in [0.15, 0.2) is 18.2 Å². The van der Waals surface area contributed by atoms with Crippen LogP contribution in [0.3, 0.4) is 0 Å². The molecule has 0 aliphatic carbocycles. The summed E-state index contributed by atoms with van der Waals surface area (Å²) in [5.41, 5.74) is 4.32. The number of carbonyl (C=O) groups is 2. The van der Waals surface area contributed by atoms with Crippen molar-refractivity contribution in [2.45, 2.75) is 0 Å². The Bertz CT molecular complexity index is 393. The van der Waals surface area contributed by atoms with Crippen molar-refractivity contribution >= 4 is 17.5 Å². The number of hydrogen-bond acceptors (Lipinski definition) is 2. The van der Waals surface area contributed by atoms with Gasteiger partial charge in [-0.25, -0.2) is 8.78 Å². The van der Waals surface area contributed by atoms with Gasteiger partial charge in [-0.2, -0.15) is 0 Å². The predicted molar refractivity (Wildman–Crippen MR) is 44.2 cm³/mol. The lowest BCUT2D eigenvalue weighted by molar-refractivity contribution is -0.134. The lowest BCUT2D eigenvalue weighted by Crippen LogP contribution is -2.29. The van der Waals surface area contributed by atoms with E-state index in [0.717, 1.165) is 12.1 Å². The minimum Gasteiger partial charge on any atom is -0.361 e. The lowest BCUT2D eigenvalue weighted by atomic mass is 10.3. The molecular weight excluding hydrogens is 194 g/mol. The molecule has 0 atom stereocenters. The highest BCUT2D eigenvalue weighted by atomic mass is 19.1. The van der Waals surface area contributed by atoms with Gasteiger partial charge in [-0.15, -0.1) is 0 Å². The highest BCUT2D eigenvalue weighted by Crippen LogP contribution is 2.14. The molecule has 4 nitrogen and oxygen atoms in total. The Kier molecular flexibility index (Phi) is 2.76. The molecule has 0 heterocycles. The average molecular weight is 200 g/mol. The number of anilines is 1. The maximum Gasteiger partial charge on any atom is 0.313 e. The van der Waals surface area contributed by atoms with Gasteiger partial charge in [0.15, 0.2) is 0 Å². The van der Waals surface area contributed by atoms with Crippen LogP contribution in [0.4, 0.5) is 14.5 Å². The fraction of sp³-hybridized carbons (Fsp3) is 0. The summed E-state index contributed by atoms with van der Waals surface area (Å²) in [6.45, 7) is 0. The zero-order chi connectivity index (χ0) is 10.7. The van der Waals surface area contributed by atoms with Crippen molar-refractivity contribution in [2.24, 2.45) is 5.73 Å². The van der Waals surface area contributed by atoms with Crippen molar-refractivity contribution < 1.29 is 18.4 Å². The summed E-state index contributed by atoms with van der Waals surface area (Å²) in [5, 5.41) is 1.88. The first-order valence-electron chi connectivity index (χ1n) is 3.56. The fourth-order valence-electron chi connectivity index (χ4n) is 0.775. The second kappa shape index (κ2) is 3.82. The number of primary amides is 1. The van der Waals surface area contributed by atoms with Gasteiger partial charge >= 0.3 is 11.8 Å². The second-order valence-corrected chi connectivity index (χ2v) is 2.44. The lowest BCUT2D eigenvalue weighted by Gasteiger charge is -2.03. The average Bonchev–Trinajstić information content (AvgIpc) is 2.09. The third-order valence-corrected chi connectivity index (χ3v) is 1.40. The maximum absolute atomic E-state index is 12.9. The number of halogens is 2. The fourth-order valence-corrected chi connectivity index (χ4v) is 0.775. The molecule has 1 rings (SSSR count). The summed E-state index contributed by atoms with van der Waals surface area (Å²) < 4.78 is 25.3. The molecule has 0 radical (unpaired) electrons. The smallest absolute Gasteiger partial charge is 0.313 e. The van der Waals surface area contributed by atoms with Gasteiger partial charge in [0.25, 0.3) is 0 Å². The van der Waals surface area contributed by atoms with Crippen molar-refractivity contribution in [3.63, 3.8) is 0 Å². The summed E-state index contributed by atoms with van der Waals surface area (Å²) in [6.07, 6.45) is 0. The molecule has 14 heavy (non-hydrogen) atoms. The monoisotopic (exact) mass is 200 g/mol. The SMILES string of the molecule is NC(=O)C(=O)Nc1ccc(F)cc1F. The molecule has 0 aliphatic heterocycles. The minimum atomic E-state index is -1.24. The number of nitrogens with one attached hydrogen (secondary N) is 1. The summed E-state index contributed by atoms with van der Waals surface area (Å²) >= 11 is 0. The van der Waals surface area contributed by atoms with E-state index in [1.165, 1.54) is 0 Å². The highest BCUT2D eigenvalue weighted by Gasteiger charge is 2.11. The summed E-state index contributed by atoms with van der Waals surface area (Å²) in [4.78, 5) is 21.0. The number of carbonyl (C=O) groups excluding carboxylic acids is 2. The van der Waals surface area contributed by atoms with Gasteiger partial charge in [0.2, 0.25) is 0 Å². The Morgan fingerprint density at radius 1 is 1.29 bits per heavy atom. The molecule has 1 aromatic rings. The van der Waals surface area contributed by atoms with Gasteiger partial charge < -0.3 is 11.1 Å². The third kappa shape index (κ3) is 2.25. The highest BCUT2D eigenvalue weighted by molar-refractivity contribution is 6.39. The Balaban J connectivity index is 2.87. The van der Waals surface area contributed by atoms with E-state index in [0.29, 0.717) is 6.07 Å². The van der Waals surface area contributed by atoms with E-state index in [4.69, 9.17) is 0 Å². The first-order valence-corrected chi connectivity index (χ1v) is 3.56. The van der Waals surface area contributed by atoms with E-state index >= 15 is 0 Å². The summed E-state index contributed by atoms with van der Waals surface area (Å²) in [6, 6.07) is 2.52. The van der Waals surface area contributed by atoms with E-state index in [-0.39, 0.29) is 5.69 Å². The van der Waals surface area contributed by atoms with Crippen LogP contribution in [0.5, 0.6) is 0 Å². The molecule has 0 fully saturated rings. The molecule has 0 saturated carbocycles.